The second-order valence-electron chi connectivity index (χ2n) is 6.63. The molecule has 0 saturated heterocycles. The smallest absolute Gasteiger partial charge is 0.220 e. The Labute approximate surface area is 166 Å². The molecule has 0 saturated carbocycles. The molecule has 0 heterocycles. The Hall–Kier alpha value is -3.01. The molecule has 0 fully saturated rings. The van der Waals surface area contributed by atoms with Crippen molar-refractivity contribution in [1.82, 2.24) is 5.32 Å². The van der Waals surface area contributed by atoms with Gasteiger partial charge in [0.1, 0.15) is 18.1 Å². The van der Waals surface area contributed by atoms with Crippen LogP contribution in [0.1, 0.15) is 25.3 Å². The SMILES string of the molecule is CCc1ccc(OCCCC(=O)NCCOc2cccc3ccccc23)cc1. The molecule has 0 aliphatic rings. The van der Waals surface area contributed by atoms with Gasteiger partial charge < -0.3 is 14.8 Å². The number of ether oxygens (including phenoxy) is 2. The maximum Gasteiger partial charge on any atom is 0.220 e. The summed E-state index contributed by atoms with van der Waals surface area (Å²) in [6, 6.07) is 22.2. The highest BCUT2D eigenvalue weighted by Gasteiger charge is 2.03. The Kier molecular flexibility index (Phi) is 7.30. The van der Waals surface area contributed by atoms with E-state index in [1.165, 1.54) is 5.56 Å². The summed E-state index contributed by atoms with van der Waals surface area (Å²) in [5.41, 5.74) is 1.29. The Morgan fingerprint density at radius 3 is 2.50 bits per heavy atom. The van der Waals surface area contributed by atoms with E-state index in [1.54, 1.807) is 0 Å². The van der Waals surface area contributed by atoms with Crippen LogP contribution in [0.3, 0.4) is 0 Å². The summed E-state index contributed by atoms with van der Waals surface area (Å²) < 4.78 is 11.5. The van der Waals surface area contributed by atoms with Gasteiger partial charge in [-0.1, -0.05) is 55.5 Å². The van der Waals surface area contributed by atoms with E-state index in [0.717, 1.165) is 28.7 Å². The molecular formula is C24H27NO3. The summed E-state index contributed by atoms with van der Waals surface area (Å²) in [4.78, 5) is 11.9. The highest BCUT2D eigenvalue weighted by Crippen LogP contribution is 2.24. The molecule has 28 heavy (non-hydrogen) atoms. The van der Waals surface area contributed by atoms with Gasteiger partial charge in [-0.15, -0.1) is 0 Å². The van der Waals surface area contributed by atoms with Crippen molar-refractivity contribution in [3.05, 3.63) is 72.3 Å². The lowest BCUT2D eigenvalue weighted by atomic mass is 10.1. The number of fused-ring (bicyclic) bond motifs is 1. The topological polar surface area (TPSA) is 47.6 Å². The van der Waals surface area contributed by atoms with Crippen LogP contribution < -0.4 is 14.8 Å². The van der Waals surface area contributed by atoms with E-state index < -0.39 is 0 Å². The van der Waals surface area contributed by atoms with Gasteiger partial charge in [0.2, 0.25) is 5.91 Å². The first-order valence-corrected chi connectivity index (χ1v) is 9.85. The van der Waals surface area contributed by atoms with Gasteiger partial charge in [-0.25, -0.2) is 0 Å². The molecule has 0 unspecified atom stereocenters. The number of hydrogen-bond donors (Lipinski definition) is 1. The largest absolute Gasteiger partial charge is 0.494 e. The third-order valence-electron chi connectivity index (χ3n) is 4.58. The molecule has 1 N–H and O–H groups in total. The van der Waals surface area contributed by atoms with Gasteiger partial charge in [0.15, 0.2) is 0 Å². The summed E-state index contributed by atoms with van der Waals surface area (Å²) >= 11 is 0. The number of carbonyl (C=O) groups excluding carboxylic acids is 1. The standard InChI is InChI=1S/C24H27NO3/c1-2-19-12-14-21(15-13-19)27-17-6-11-24(26)25-16-18-28-23-10-5-8-20-7-3-4-9-22(20)23/h3-5,7-10,12-15H,2,6,11,16-18H2,1H3,(H,25,26). The van der Waals surface area contributed by atoms with Crippen LogP contribution in [-0.2, 0) is 11.2 Å². The molecule has 1 amide bonds. The minimum atomic E-state index is 0.0199. The van der Waals surface area contributed by atoms with Gasteiger partial charge in [-0.3, -0.25) is 4.79 Å². The van der Waals surface area contributed by atoms with Crippen molar-refractivity contribution >= 4 is 16.7 Å². The summed E-state index contributed by atoms with van der Waals surface area (Å²) in [5, 5.41) is 5.13. The maximum absolute atomic E-state index is 11.9. The molecule has 0 aliphatic heterocycles. The molecule has 0 aromatic heterocycles. The predicted octanol–water partition coefficient (Wildman–Crippen LogP) is 4.76. The van der Waals surface area contributed by atoms with E-state index in [1.807, 2.05) is 42.5 Å². The van der Waals surface area contributed by atoms with Crippen molar-refractivity contribution in [3.8, 4) is 11.5 Å². The van der Waals surface area contributed by atoms with E-state index in [4.69, 9.17) is 9.47 Å². The minimum absolute atomic E-state index is 0.0199. The first-order valence-electron chi connectivity index (χ1n) is 9.85. The third-order valence-corrected chi connectivity index (χ3v) is 4.58. The second-order valence-corrected chi connectivity index (χ2v) is 6.63. The van der Waals surface area contributed by atoms with E-state index >= 15 is 0 Å². The molecule has 0 aliphatic carbocycles. The Balaban J connectivity index is 1.31. The van der Waals surface area contributed by atoms with Crippen LogP contribution in [0.25, 0.3) is 10.8 Å². The number of amides is 1. The highest BCUT2D eigenvalue weighted by atomic mass is 16.5. The van der Waals surface area contributed by atoms with Crippen molar-refractivity contribution in [2.45, 2.75) is 26.2 Å². The van der Waals surface area contributed by atoms with Gasteiger partial charge in [0.05, 0.1) is 13.2 Å². The van der Waals surface area contributed by atoms with Crippen LogP contribution in [0.2, 0.25) is 0 Å². The van der Waals surface area contributed by atoms with Crippen LogP contribution in [0.5, 0.6) is 11.5 Å². The van der Waals surface area contributed by atoms with Crippen molar-refractivity contribution in [2.75, 3.05) is 19.8 Å². The van der Waals surface area contributed by atoms with Crippen LogP contribution >= 0.6 is 0 Å². The Morgan fingerprint density at radius 1 is 0.893 bits per heavy atom. The van der Waals surface area contributed by atoms with Gasteiger partial charge in [-0.05, 0) is 42.0 Å². The Bertz CT molecular complexity index is 885. The van der Waals surface area contributed by atoms with E-state index in [9.17, 15) is 4.79 Å². The van der Waals surface area contributed by atoms with Crippen LogP contribution in [-0.4, -0.2) is 25.7 Å². The van der Waals surface area contributed by atoms with Gasteiger partial charge in [-0.2, -0.15) is 0 Å². The molecule has 0 bridgehead atoms. The summed E-state index contributed by atoms with van der Waals surface area (Å²) in [6.45, 7) is 3.59. The summed E-state index contributed by atoms with van der Waals surface area (Å²) in [5.74, 6) is 1.71. The lowest BCUT2D eigenvalue weighted by molar-refractivity contribution is -0.121. The lowest BCUT2D eigenvalue weighted by Crippen LogP contribution is -2.28. The van der Waals surface area contributed by atoms with E-state index in [2.05, 4.69) is 36.5 Å². The maximum atomic E-state index is 11.9. The predicted molar refractivity (Wildman–Crippen MR) is 113 cm³/mol. The Morgan fingerprint density at radius 2 is 1.68 bits per heavy atom. The highest BCUT2D eigenvalue weighted by molar-refractivity contribution is 5.88. The number of hydrogen-bond acceptors (Lipinski definition) is 3. The zero-order valence-corrected chi connectivity index (χ0v) is 16.3. The molecule has 3 rings (SSSR count). The summed E-state index contributed by atoms with van der Waals surface area (Å²) in [6.07, 6.45) is 2.15. The molecular weight excluding hydrogens is 350 g/mol. The first-order chi connectivity index (χ1) is 13.8. The first kappa shape index (κ1) is 19.7. The van der Waals surface area contributed by atoms with Crippen LogP contribution in [0.4, 0.5) is 0 Å². The number of rotatable bonds is 10. The molecule has 0 spiro atoms. The average molecular weight is 377 g/mol. The van der Waals surface area contributed by atoms with Gasteiger partial charge in [0.25, 0.3) is 0 Å². The fraction of sp³-hybridized carbons (Fsp3) is 0.292. The monoisotopic (exact) mass is 377 g/mol. The average Bonchev–Trinajstić information content (AvgIpc) is 2.75. The zero-order valence-electron chi connectivity index (χ0n) is 16.3. The minimum Gasteiger partial charge on any atom is -0.494 e. The molecule has 4 heteroatoms. The third kappa shape index (κ3) is 5.74. The van der Waals surface area contributed by atoms with Crippen molar-refractivity contribution in [1.29, 1.82) is 0 Å². The molecule has 0 radical (unpaired) electrons. The summed E-state index contributed by atoms with van der Waals surface area (Å²) in [7, 11) is 0. The number of carbonyl (C=O) groups is 1. The van der Waals surface area contributed by atoms with Crippen LogP contribution in [0, 0.1) is 0 Å². The van der Waals surface area contributed by atoms with Crippen LogP contribution in [0.15, 0.2) is 66.7 Å². The lowest BCUT2D eigenvalue weighted by Gasteiger charge is -2.10. The molecule has 3 aromatic carbocycles. The van der Waals surface area contributed by atoms with E-state index in [-0.39, 0.29) is 5.91 Å². The quantitative estimate of drug-likeness (QED) is 0.518. The molecule has 146 valence electrons. The van der Waals surface area contributed by atoms with Gasteiger partial charge >= 0.3 is 0 Å². The fourth-order valence-corrected chi connectivity index (χ4v) is 3.01. The molecule has 0 atom stereocenters. The number of nitrogens with one attached hydrogen (secondary N) is 1. The second kappa shape index (κ2) is 10.4. The van der Waals surface area contributed by atoms with Crippen molar-refractivity contribution in [3.63, 3.8) is 0 Å². The number of benzene rings is 3. The normalized spacial score (nSPS) is 10.6. The van der Waals surface area contributed by atoms with Crippen molar-refractivity contribution in [2.24, 2.45) is 0 Å². The molecule has 4 nitrogen and oxygen atoms in total. The zero-order chi connectivity index (χ0) is 19.6. The van der Waals surface area contributed by atoms with E-state index in [0.29, 0.717) is 32.6 Å². The number of aryl methyl sites for hydroxylation is 1. The fourth-order valence-electron chi connectivity index (χ4n) is 3.01. The molecule has 3 aromatic rings. The van der Waals surface area contributed by atoms with Crippen molar-refractivity contribution < 1.29 is 14.3 Å². The van der Waals surface area contributed by atoms with Gasteiger partial charge in [0, 0.05) is 11.8 Å².